The number of hydrogen-bond acceptors (Lipinski definition) is 4. The van der Waals surface area contributed by atoms with E-state index in [9.17, 15) is 0 Å². The lowest BCUT2D eigenvalue weighted by atomic mass is 10.2. The van der Waals surface area contributed by atoms with Crippen LogP contribution in [0.3, 0.4) is 0 Å². The minimum Gasteiger partial charge on any atom is -0.383 e. The minimum absolute atomic E-state index is 0.537. The van der Waals surface area contributed by atoms with Crippen molar-refractivity contribution in [2.75, 3.05) is 11.1 Å². The van der Waals surface area contributed by atoms with Crippen molar-refractivity contribution in [3.05, 3.63) is 39.2 Å². The van der Waals surface area contributed by atoms with Crippen LogP contribution in [0.1, 0.15) is 18.3 Å². The number of aromatic nitrogens is 2. The van der Waals surface area contributed by atoms with E-state index in [0.29, 0.717) is 5.82 Å². The van der Waals surface area contributed by atoms with Gasteiger partial charge in [-0.1, -0.05) is 6.92 Å². The number of hydrogen-bond donors (Lipinski definition) is 2. The summed E-state index contributed by atoms with van der Waals surface area (Å²) in [6.07, 6.45) is 0.770. The van der Waals surface area contributed by atoms with Gasteiger partial charge in [0.2, 0.25) is 0 Å². The maximum Gasteiger partial charge on any atom is 0.139 e. The number of nitrogens with zero attached hydrogens (tertiary/aromatic N) is 2. The van der Waals surface area contributed by atoms with Gasteiger partial charge in [-0.2, -0.15) is 0 Å². The summed E-state index contributed by atoms with van der Waals surface area (Å²) in [5, 5.41) is 3.28. The first-order valence-electron chi connectivity index (χ1n) is 5.75. The highest BCUT2D eigenvalue weighted by atomic mass is 127. The number of benzene rings is 1. The molecule has 0 aliphatic rings. The van der Waals surface area contributed by atoms with E-state index in [1.165, 1.54) is 3.57 Å². The summed E-state index contributed by atoms with van der Waals surface area (Å²) in [5.74, 6) is 2.07. The standard InChI is InChI=1S/C13H15IN4/c1-3-11-17-12(15)8(2)13(18-11)16-10-6-4-9(14)5-7-10/h4-7H,3H2,1-2H3,(H3,15,16,17,18). The summed E-state index contributed by atoms with van der Waals surface area (Å²) in [7, 11) is 0. The van der Waals surface area contributed by atoms with Crippen LogP contribution in [0.2, 0.25) is 0 Å². The molecule has 0 aliphatic heterocycles. The number of rotatable bonds is 3. The van der Waals surface area contributed by atoms with Crippen LogP contribution in [0.15, 0.2) is 24.3 Å². The van der Waals surface area contributed by atoms with Crippen molar-refractivity contribution >= 4 is 39.9 Å². The Morgan fingerprint density at radius 2 is 1.89 bits per heavy atom. The number of aryl methyl sites for hydroxylation is 1. The molecule has 1 aromatic heterocycles. The van der Waals surface area contributed by atoms with Gasteiger partial charge in [0.15, 0.2) is 0 Å². The lowest BCUT2D eigenvalue weighted by Crippen LogP contribution is -2.06. The second kappa shape index (κ2) is 5.51. The number of halogens is 1. The van der Waals surface area contributed by atoms with Gasteiger partial charge in [0.05, 0.1) is 0 Å². The normalized spacial score (nSPS) is 10.4. The quantitative estimate of drug-likeness (QED) is 0.831. The molecule has 3 N–H and O–H groups in total. The molecule has 1 heterocycles. The van der Waals surface area contributed by atoms with E-state index in [1.54, 1.807) is 0 Å². The maximum absolute atomic E-state index is 5.88. The number of nitrogens with two attached hydrogens (primary N) is 1. The molecule has 4 nitrogen and oxygen atoms in total. The van der Waals surface area contributed by atoms with Gasteiger partial charge < -0.3 is 11.1 Å². The fraction of sp³-hybridized carbons (Fsp3) is 0.231. The van der Waals surface area contributed by atoms with Crippen molar-refractivity contribution in [1.82, 2.24) is 9.97 Å². The lowest BCUT2D eigenvalue weighted by molar-refractivity contribution is 0.940. The Balaban J connectivity index is 2.33. The molecule has 18 heavy (non-hydrogen) atoms. The number of nitrogens with one attached hydrogen (secondary N) is 1. The van der Waals surface area contributed by atoms with Crippen molar-refractivity contribution in [2.45, 2.75) is 20.3 Å². The molecular formula is C13H15IN4. The van der Waals surface area contributed by atoms with E-state index < -0.39 is 0 Å². The second-order valence-electron chi connectivity index (χ2n) is 3.98. The zero-order valence-corrected chi connectivity index (χ0v) is 12.5. The Morgan fingerprint density at radius 1 is 1.22 bits per heavy atom. The van der Waals surface area contributed by atoms with Gasteiger partial charge in [-0.05, 0) is 53.8 Å². The van der Waals surface area contributed by atoms with Crippen molar-refractivity contribution < 1.29 is 0 Å². The van der Waals surface area contributed by atoms with Crippen LogP contribution in [0.25, 0.3) is 0 Å². The topological polar surface area (TPSA) is 63.8 Å². The van der Waals surface area contributed by atoms with Crippen LogP contribution in [0, 0.1) is 10.5 Å². The molecule has 0 spiro atoms. The van der Waals surface area contributed by atoms with E-state index >= 15 is 0 Å². The van der Waals surface area contributed by atoms with Crippen LogP contribution < -0.4 is 11.1 Å². The summed E-state index contributed by atoms with van der Waals surface area (Å²) < 4.78 is 1.20. The van der Waals surface area contributed by atoms with Crippen molar-refractivity contribution in [3.8, 4) is 0 Å². The molecule has 0 saturated heterocycles. The Labute approximate surface area is 120 Å². The highest BCUT2D eigenvalue weighted by molar-refractivity contribution is 14.1. The third-order valence-electron chi connectivity index (χ3n) is 2.65. The van der Waals surface area contributed by atoms with Gasteiger partial charge in [-0.3, -0.25) is 0 Å². The molecule has 0 atom stereocenters. The van der Waals surface area contributed by atoms with E-state index in [2.05, 4.69) is 37.9 Å². The SMILES string of the molecule is CCc1nc(N)c(C)c(Nc2ccc(I)cc2)n1. The first-order chi connectivity index (χ1) is 8.60. The Bertz CT molecular complexity index is 552. The smallest absolute Gasteiger partial charge is 0.139 e. The molecule has 5 heteroatoms. The van der Waals surface area contributed by atoms with Gasteiger partial charge in [0.25, 0.3) is 0 Å². The third-order valence-corrected chi connectivity index (χ3v) is 3.37. The molecular weight excluding hydrogens is 339 g/mol. The lowest BCUT2D eigenvalue weighted by Gasteiger charge is -2.11. The fourth-order valence-corrected chi connectivity index (χ4v) is 1.89. The highest BCUT2D eigenvalue weighted by Gasteiger charge is 2.07. The summed E-state index contributed by atoms with van der Waals surface area (Å²) in [6.45, 7) is 3.93. The molecule has 0 bridgehead atoms. The second-order valence-corrected chi connectivity index (χ2v) is 5.23. The van der Waals surface area contributed by atoms with Crippen molar-refractivity contribution in [1.29, 1.82) is 0 Å². The molecule has 0 radical (unpaired) electrons. The molecule has 0 fully saturated rings. The summed E-state index contributed by atoms with van der Waals surface area (Å²) in [4.78, 5) is 8.70. The fourth-order valence-electron chi connectivity index (χ4n) is 1.53. The molecule has 94 valence electrons. The molecule has 0 unspecified atom stereocenters. The largest absolute Gasteiger partial charge is 0.383 e. The van der Waals surface area contributed by atoms with Gasteiger partial charge in [-0.15, -0.1) is 0 Å². The van der Waals surface area contributed by atoms with Gasteiger partial charge >= 0.3 is 0 Å². The average Bonchev–Trinajstić information content (AvgIpc) is 2.37. The van der Waals surface area contributed by atoms with Crippen LogP contribution in [0.5, 0.6) is 0 Å². The molecule has 2 aromatic rings. The Morgan fingerprint density at radius 3 is 2.50 bits per heavy atom. The van der Waals surface area contributed by atoms with Crippen LogP contribution >= 0.6 is 22.6 Å². The van der Waals surface area contributed by atoms with E-state index in [1.807, 2.05) is 38.1 Å². The highest BCUT2D eigenvalue weighted by Crippen LogP contribution is 2.22. The van der Waals surface area contributed by atoms with Crippen LogP contribution in [0.4, 0.5) is 17.3 Å². The molecule has 2 rings (SSSR count). The summed E-state index contributed by atoms with van der Waals surface area (Å²) >= 11 is 2.28. The van der Waals surface area contributed by atoms with E-state index in [0.717, 1.165) is 29.3 Å². The van der Waals surface area contributed by atoms with Crippen molar-refractivity contribution in [2.24, 2.45) is 0 Å². The summed E-state index contributed by atoms with van der Waals surface area (Å²) in [6, 6.07) is 8.13. The van der Waals surface area contributed by atoms with Crippen molar-refractivity contribution in [3.63, 3.8) is 0 Å². The maximum atomic E-state index is 5.88. The predicted octanol–water partition coefficient (Wildman–Crippen LogP) is 3.28. The van der Waals surface area contributed by atoms with E-state index in [4.69, 9.17) is 5.73 Å². The Kier molecular flexibility index (Phi) is 4.00. The molecule has 0 amide bonds. The Hall–Kier alpha value is -1.37. The van der Waals surface area contributed by atoms with Crippen LogP contribution in [-0.2, 0) is 6.42 Å². The third kappa shape index (κ3) is 2.90. The van der Waals surface area contributed by atoms with E-state index in [-0.39, 0.29) is 0 Å². The van der Waals surface area contributed by atoms with Crippen LogP contribution in [-0.4, -0.2) is 9.97 Å². The molecule has 1 aromatic carbocycles. The molecule has 0 saturated carbocycles. The number of nitrogen functional groups attached to an aromatic ring is 1. The zero-order chi connectivity index (χ0) is 13.1. The van der Waals surface area contributed by atoms with Gasteiger partial charge in [0, 0.05) is 21.2 Å². The summed E-state index contributed by atoms with van der Waals surface area (Å²) in [5.41, 5.74) is 7.76. The van der Waals surface area contributed by atoms with Gasteiger partial charge in [-0.25, -0.2) is 9.97 Å². The average molecular weight is 354 g/mol. The number of anilines is 3. The first kappa shape index (κ1) is 13.1. The predicted molar refractivity (Wildman–Crippen MR) is 83.0 cm³/mol. The monoisotopic (exact) mass is 354 g/mol. The zero-order valence-electron chi connectivity index (χ0n) is 10.4. The first-order valence-corrected chi connectivity index (χ1v) is 6.83. The minimum atomic E-state index is 0.537. The molecule has 0 aliphatic carbocycles. The van der Waals surface area contributed by atoms with Gasteiger partial charge in [0.1, 0.15) is 17.5 Å².